The number of ether oxygens (including phenoxy) is 1. The first-order valence-corrected chi connectivity index (χ1v) is 8.03. The van der Waals surface area contributed by atoms with Crippen molar-refractivity contribution >= 4 is 28.3 Å². The second-order valence-electron chi connectivity index (χ2n) is 6.99. The minimum atomic E-state index is -0.534. The Hall–Kier alpha value is -2.90. The third-order valence-electron chi connectivity index (χ3n) is 3.97. The summed E-state index contributed by atoms with van der Waals surface area (Å²) in [5.41, 5.74) is 1.86. The summed E-state index contributed by atoms with van der Waals surface area (Å²) in [6, 6.07) is 3.41. The molecule has 0 radical (unpaired) electrons. The zero-order valence-electron chi connectivity index (χ0n) is 14.4. The molecule has 3 rings (SSSR count). The van der Waals surface area contributed by atoms with E-state index in [4.69, 9.17) is 4.74 Å². The van der Waals surface area contributed by atoms with E-state index in [0.717, 1.165) is 11.1 Å². The van der Waals surface area contributed by atoms with Gasteiger partial charge in [0, 0.05) is 19.2 Å². The van der Waals surface area contributed by atoms with E-state index in [1.54, 1.807) is 11.0 Å². The number of carbonyl (C=O) groups excluding carboxylic acids is 1. The van der Waals surface area contributed by atoms with Crippen LogP contribution in [0.15, 0.2) is 24.4 Å². The highest BCUT2D eigenvalue weighted by Gasteiger charge is 2.25. The van der Waals surface area contributed by atoms with E-state index in [9.17, 15) is 14.9 Å². The Morgan fingerprint density at radius 2 is 2.16 bits per heavy atom. The van der Waals surface area contributed by atoms with E-state index in [1.807, 2.05) is 32.9 Å². The molecule has 1 aliphatic rings. The Balaban J connectivity index is 1.83. The first-order chi connectivity index (χ1) is 11.7. The van der Waals surface area contributed by atoms with Crippen LogP contribution in [0.2, 0.25) is 0 Å². The zero-order chi connectivity index (χ0) is 18.2. The lowest BCUT2D eigenvalue weighted by Gasteiger charge is -2.29. The summed E-state index contributed by atoms with van der Waals surface area (Å²) >= 11 is 0. The van der Waals surface area contributed by atoms with Crippen molar-refractivity contribution in [2.75, 3.05) is 13.1 Å². The van der Waals surface area contributed by atoms with Crippen LogP contribution in [0.5, 0.6) is 0 Å². The molecule has 0 saturated carbocycles. The molecule has 2 aromatic rings. The number of H-pyrrole nitrogens is 1. The van der Waals surface area contributed by atoms with Crippen LogP contribution in [-0.4, -0.2) is 44.8 Å². The number of fused-ring (bicyclic) bond motifs is 1. The predicted molar refractivity (Wildman–Crippen MR) is 93.1 cm³/mol. The zero-order valence-corrected chi connectivity index (χ0v) is 14.4. The van der Waals surface area contributed by atoms with Crippen LogP contribution in [0.25, 0.3) is 16.5 Å². The molecule has 0 atom stereocenters. The average Bonchev–Trinajstić information content (AvgIpc) is 3.00. The van der Waals surface area contributed by atoms with Gasteiger partial charge in [-0.3, -0.25) is 15.2 Å². The monoisotopic (exact) mass is 344 g/mol. The van der Waals surface area contributed by atoms with Gasteiger partial charge in [-0.15, -0.1) is 0 Å². The number of nitro groups is 1. The first kappa shape index (κ1) is 16.9. The quantitative estimate of drug-likeness (QED) is 0.663. The molecule has 0 fully saturated rings. The summed E-state index contributed by atoms with van der Waals surface area (Å²) in [5, 5.41) is 18.4. The van der Waals surface area contributed by atoms with Crippen LogP contribution < -0.4 is 0 Å². The predicted octanol–water partition coefficient (Wildman–Crippen LogP) is 3.50. The highest BCUT2D eigenvalue weighted by molar-refractivity contribution is 5.91. The van der Waals surface area contributed by atoms with Gasteiger partial charge in [0.15, 0.2) is 0 Å². The summed E-state index contributed by atoms with van der Waals surface area (Å²) in [6.45, 7) is 6.41. The number of nitrogens with zero attached hydrogens (tertiary/aromatic N) is 3. The Kier molecular flexibility index (Phi) is 4.20. The van der Waals surface area contributed by atoms with Crippen molar-refractivity contribution < 1.29 is 14.5 Å². The van der Waals surface area contributed by atoms with Gasteiger partial charge in [0.05, 0.1) is 22.0 Å². The summed E-state index contributed by atoms with van der Waals surface area (Å²) in [7, 11) is 0. The van der Waals surface area contributed by atoms with E-state index in [2.05, 4.69) is 10.2 Å². The lowest BCUT2D eigenvalue weighted by molar-refractivity contribution is -0.383. The van der Waals surface area contributed by atoms with E-state index in [-0.39, 0.29) is 11.8 Å². The van der Waals surface area contributed by atoms with Gasteiger partial charge in [0.2, 0.25) is 0 Å². The largest absolute Gasteiger partial charge is 0.444 e. The molecule has 2 heterocycles. The molecule has 8 heteroatoms. The fourth-order valence-corrected chi connectivity index (χ4v) is 2.79. The Morgan fingerprint density at radius 1 is 1.40 bits per heavy atom. The third kappa shape index (κ3) is 3.62. The molecule has 1 amide bonds. The molecular formula is C17H20N4O4. The molecule has 0 saturated heterocycles. The topological polar surface area (TPSA) is 101 Å². The molecular weight excluding hydrogens is 324 g/mol. The van der Waals surface area contributed by atoms with E-state index in [1.165, 1.54) is 6.20 Å². The number of benzene rings is 1. The van der Waals surface area contributed by atoms with Gasteiger partial charge in [-0.25, -0.2) is 4.79 Å². The number of aromatic nitrogens is 2. The second-order valence-corrected chi connectivity index (χ2v) is 6.99. The minimum absolute atomic E-state index is 0.0247. The molecule has 25 heavy (non-hydrogen) atoms. The standard InChI is InChI=1S/C17H20N4O4/c1-17(2,3)25-16(22)20-6-4-11(5-7-20)12-8-14-13(10-18-19-14)15(9-12)21(23)24/h4,8-10H,5-7H2,1-3H3,(H,18,19). The minimum Gasteiger partial charge on any atom is -0.444 e. The summed E-state index contributed by atoms with van der Waals surface area (Å²) < 4.78 is 5.37. The van der Waals surface area contributed by atoms with Gasteiger partial charge < -0.3 is 9.64 Å². The van der Waals surface area contributed by atoms with Gasteiger partial charge >= 0.3 is 6.09 Å². The lowest BCUT2D eigenvalue weighted by Crippen LogP contribution is -2.39. The van der Waals surface area contributed by atoms with Gasteiger partial charge in [-0.05, 0) is 44.4 Å². The number of nitro benzene ring substituents is 1. The van der Waals surface area contributed by atoms with Crippen LogP contribution >= 0.6 is 0 Å². The number of hydrogen-bond acceptors (Lipinski definition) is 5. The highest BCUT2D eigenvalue weighted by atomic mass is 16.6. The number of rotatable bonds is 2. The molecule has 1 aliphatic heterocycles. The van der Waals surface area contributed by atoms with Crippen LogP contribution in [0.1, 0.15) is 32.8 Å². The van der Waals surface area contributed by atoms with Crippen LogP contribution in [-0.2, 0) is 4.74 Å². The molecule has 1 N–H and O–H groups in total. The third-order valence-corrected chi connectivity index (χ3v) is 3.97. The highest BCUT2D eigenvalue weighted by Crippen LogP contribution is 2.31. The second kappa shape index (κ2) is 6.19. The Bertz CT molecular complexity index is 863. The summed E-state index contributed by atoms with van der Waals surface area (Å²) in [6.07, 6.45) is 3.62. The molecule has 8 nitrogen and oxygen atoms in total. The molecule has 0 spiro atoms. The molecule has 0 unspecified atom stereocenters. The maximum atomic E-state index is 12.1. The van der Waals surface area contributed by atoms with Crippen molar-refractivity contribution in [2.45, 2.75) is 32.8 Å². The molecule has 0 bridgehead atoms. The molecule has 1 aromatic heterocycles. The van der Waals surface area contributed by atoms with Gasteiger partial charge in [-0.1, -0.05) is 6.08 Å². The van der Waals surface area contributed by atoms with Gasteiger partial charge in [-0.2, -0.15) is 5.10 Å². The fraction of sp³-hybridized carbons (Fsp3) is 0.412. The number of nitrogens with one attached hydrogen (secondary N) is 1. The normalized spacial score (nSPS) is 15.2. The van der Waals surface area contributed by atoms with Crippen molar-refractivity contribution in [3.8, 4) is 0 Å². The number of carbonyl (C=O) groups is 1. The molecule has 1 aromatic carbocycles. The van der Waals surface area contributed by atoms with Crippen molar-refractivity contribution in [1.82, 2.24) is 15.1 Å². The number of hydrogen-bond donors (Lipinski definition) is 1. The van der Waals surface area contributed by atoms with Gasteiger partial charge in [0.1, 0.15) is 5.60 Å². The smallest absolute Gasteiger partial charge is 0.410 e. The van der Waals surface area contributed by atoms with E-state index < -0.39 is 10.5 Å². The number of amides is 1. The lowest BCUT2D eigenvalue weighted by atomic mass is 9.98. The SMILES string of the molecule is CC(C)(C)OC(=O)N1CC=C(c2cc([N+](=O)[O-])c3cn[nH]c3c2)CC1. The summed E-state index contributed by atoms with van der Waals surface area (Å²) in [4.78, 5) is 24.6. The fourth-order valence-electron chi connectivity index (χ4n) is 2.79. The van der Waals surface area contributed by atoms with Crippen molar-refractivity contribution in [1.29, 1.82) is 0 Å². The molecule has 132 valence electrons. The van der Waals surface area contributed by atoms with Crippen LogP contribution in [0.4, 0.5) is 10.5 Å². The van der Waals surface area contributed by atoms with Crippen molar-refractivity contribution in [3.63, 3.8) is 0 Å². The van der Waals surface area contributed by atoms with Gasteiger partial charge in [0.25, 0.3) is 5.69 Å². The first-order valence-electron chi connectivity index (χ1n) is 8.03. The Morgan fingerprint density at radius 3 is 2.76 bits per heavy atom. The molecule has 0 aliphatic carbocycles. The average molecular weight is 344 g/mol. The van der Waals surface area contributed by atoms with E-state index in [0.29, 0.717) is 30.4 Å². The van der Waals surface area contributed by atoms with Crippen molar-refractivity contribution in [2.24, 2.45) is 0 Å². The maximum Gasteiger partial charge on any atom is 0.410 e. The van der Waals surface area contributed by atoms with Crippen LogP contribution in [0.3, 0.4) is 0 Å². The Labute approximate surface area is 144 Å². The number of aromatic amines is 1. The summed E-state index contributed by atoms with van der Waals surface area (Å²) in [5.74, 6) is 0. The van der Waals surface area contributed by atoms with Crippen molar-refractivity contribution in [3.05, 3.63) is 40.1 Å². The maximum absolute atomic E-state index is 12.1. The van der Waals surface area contributed by atoms with Crippen LogP contribution in [0, 0.1) is 10.1 Å². The number of non-ortho nitro benzene ring substituents is 1. The van der Waals surface area contributed by atoms with E-state index >= 15 is 0 Å².